The van der Waals surface area contributed by atoms with Crippen molar-refractivity contribution in [2.75, 3.05) is 13.2 Å². The summed E-state index contributed by atoms with van der Waals surface area (Å²) in [7, 11) is 0. The van der Waals surface area contributed by atoms with E-state index >= 15 is 0 Å². The Bertz CT molecular complexity index is 1220. The summed E-state index contributed by atoms with van der Waals surface area (Å²) in [5, 5.41) is 23.3. The van der Waals surface area contributed by atoms with E-state index in [4.69, 9.17) is 4.74 Å². The molecule has 0 aromatic rings. The number of rotatable bonds is 67. The molecule has 0 bridgehead atoms. The molecule has 462 valence electrons. The summed E-state index contributed by atoms with van der Waals surface area (Å²) in [6.07, 6.45) is 85.3. The average molecular weight is 1100 g/mol. The molecule has 78 heavy (non-hydrogen) atoms. The number of hydrogen-bond donors (Lipinski definition) is 3. The molecule has 0 aromatic carbocycles. The van der Waals surface area contributed by atoms with Gasteiger partial charge in [0.25, 0.3) is 0 Å². The lowest BCUT2D eigenvalue weighted by Gasteiger charge is -2.22. The van der Waals surface area contributed by atoms with Gasteiger partial charge in [-0.25, -0.2) is 0 Å². The Hall–Kier alpha value is -1.66. The predicted octanol–water partition coefficient (Wildman–Crippen LogP) is 22.9. The van der Waals surface area contributed by atoms with Gasteiger partial charge in [-0.2, -0.15) is 0 Å². The van der Waals surface area contributed by atoms with Gasteiger partial charge in [0.1, 0.15) is 0 Å². The second-order valence-electron chi connectivity index (χ2n) is 24.6. The van der Waals surface area contributed by atoms with Crippen LogP contribution in [0.25, 0.3) is 0 Å². The predicted molar refractivity (Wildman–Crippen MR) is 343 cm³/mol. The minimum Gasteiger partial charge on any atom is -0.466 e. The van der Waals surface area contributed by atoms with Gasteiger partial charge >= 0.3 is 5.97 Å². The Morgan fingerprint density at radius 2 is 0.667 bits per heavy atom. The van der Waals surface area contributed by atoms with Crippen molar-refractivity contribution in [2.24, 2.45) is 0 Å². The highest BCUT2D eigenvalue weighted by Crippen LogP contribution is 2.19. The van der Waals surface area contributed by atoms with Crippen molar-refractivity contribution in [3.63, 3.8) is 0 Å². The highest BCUT2D eigenvalue weighted by molar-refractivity contribution is 5.76. The molecule has 3 N–H and O–H groups in total. The molecule has 0 rings (SSSR count). The number of ether oxygens (including phenoxy) is 1. The molecule has 0 aliphatic rings. The summed E-state index contributed by atoms with van der Waals surface area (Å²) in [6.45, 7) is 4.91. The fourth-order valence-corrected chi connectivity index (χ4v) is 11.3. The van der Waals surface area contributed by atoms with E-state index in [1.165, 1.54) is 315 Å². The van der Waals surface area contributed by atoms with Gasteiger partial charge < -0.3 is 20.3 Å². The Kier molecular flexibility index (Phi) is 66.4. The molecular weight excluding hydrogens is 959 g/mol. The maximum absolute atomic E-state index is 12.5. The molecule has 0 saturated heterocycles. The van der Waals surface area contributed by atoms with Crippen molar-refractivity contribution < 1.29 is 24.5 Å². The van der Waals surface area contributed by atoms with Gasteiger partial charge in [0.2, 0.25) is 5.91 Å². The second-order valence-corrected chi connectivity index (χ2v) is 24.6. The summed E-state index contributed by atoms with van der Waals surface area (Å²) in [6, 6.07) is -0.536. The maximum Gasteiger partial charge on any atom is 0.305 e. The molecule has 2 atom stereocenters. The topological polar surface area (TPSA) is 95.9 Å². The number of carbonyl (C=O) groups is 2. The first-order chi connectivity index (χ1) is 38.5. The van der Waals surface area contributed by atoms with Crippen LogP contribution in [0, 0.1) is 0 Å². The van der Waals surface area contributed by atoms with Gasteiger partial charge in [-0.05, 0) is 51.4 Å². The van der Waals surface area contributed by atoms with Crippen molar-refractivity contribution in [2.45, 2.75) is 411 Å². The Morgan fingerprint density at radius 1 is 0.359 bits per heavy atom. The molecule has 1 amide bonds. The molecule has 0 spiro atoms. The Morgan fingerprint density at radius 3 is 1.03 bits per heavy atom. The molecule has 0 radical (unpaired) electrons. The third-order valence-corrected chi connectivity index (χ3v) is 16.7. The molecular formula is C72H139NO5. The maximum atomic E-state index is 12.5. The van der Waals surface area contributed by atoms with Crippen molar-refractivity contribution >= 4 is 11.9 Å². The van der Waals surface area contributed by atoms with Gasteiger partial charge in [-0.1, -0.05) is 359 Å². The standard InChI is InChI=1S/C72H139NO5/c1-3-5-7-9-11-13-15-40-44-48-52-56-60-64-70(75)69(68-74)73-71(76)65-61-57-53-49-45-42-38-36-34-32-30-28-26-24-22-20-18-17-19-21-23-25-27-29-31-33-35-37-39-43-47-51-55-59-63-67-78-72(77)66-62-58-54-50-46-41-16-14-12-10-8-6-4-2/h8,10,14,16,69-70,74-75H,3-7,9,11-13,15,17-68H2,1-2H3,(H,73,76)/b10-8-,16-14-. The van der Waals surface area contributed by atoms with Crippen molar-refractivity contribution in [3.05, 3.63) is 24.3 Å². The number of nitrogens with one attached hydrogen (secondary N) is 1. The normalized spacial score (nSPS) is 12.6. The van der Waals surface area contributed by atoms with E-state index < -0.39 is 12.1 Å². The largest absolute Gasteiger partial charge is 0.466 e. The van der Waals surface area contributed by atoms with Crippen LogP contribution < -0.4 is 5.32 Å². The molecule has 0 saturated carbocycles. The van der Waals surface area contributed by atoms with Gasteiger partial charge in [-0.3, -0.25) is 9.59 Å². The highest BCUT2D eigenvalue weighted by atomic mass is 16.5. The number of esters is 1. The summed E-state index contributed by atoms with van der Waals surface area (Å²) in [5.41, 5.74) is 0. The number of unbranched alkanes of at least 4 members (excludes halogenated alkanes) is 52. The van der Waals surface area contributed by atoms with Crippen LogP contribution in [0.3, 0.4) is 0 Å². The van der Waals surface area contributed by atoms with Crippen molar-refractivity contribution in [1.82, 2.24) is 5.32 Å². The van der Waals surface area contributed by atoms with Gasteiger partial charge in [0.15, 0.2) is 0 Å². The molecule has 0 heterocycles. The van der Waals surface area contributed by atoms with Crippen LogP contribution in [-0.4, -0.2) is 47.4 Å². The van der Waals surface area contributed by atoms with E-state index in [9.17, 15) is 19.8 Å². The number of aliphatic hydroxyl groups is 2. The lowest BCUT2D eigenvalue weighted by atomic mass is 10.0. The van der Waals surface area contributed by atoms with Crippen LogP contribution in [-0.2, 0) is 14.3 Å². The third-order valence-electron chi connectivity index (χ3n) is 16.7. The van der Waals surface area contributed by atoms with Crippen LogP contribution >= 0.6 is 0 Å². The number of amides is 1. The van der Waals surface area contributed by atoms with E-state index in [0.29, 0.717) is 25.9 Å². The van der Waals surface area contributed by atoms with Gasteiger partial charge in [-0.15, -0.1) is 0 Å². The Labute approximate surface area is 488 Å². The van der Waals surface area contributed by atoms with Crippen LogP contribution in [0.15, 0.2) is 24.3 Å². The minimum absolute atomic E-state index is 0.00759. The Balaban J connectivity index is 3.29. The monoisotopic (exact) mass is 1100 g/mol. The molecule has 0 aliphatic heterocycles. The molecule has 6 heteroatoms. The molecule has 2 unspecified atom stereocenters. The fraction of sp³-hybridized carbons (Fsp3) is 0.917. The number of hydrogen-bond acceptors (Lipinski definition) is 5. The third kappa shape index (κ3) is 63.5. The summed E-state index contributed by atoms with van der Waals surface area (Å²) in [5.74, 6) is -0.0199. The van der Waals surface area contributed by atoms with Gasteiger partial charge in [0.05, 0.1) is 25.4 Å². The van der Waals surface area contributed by atoms with Gasteiger partial charge in [0, 0.05) is 12.8 Å². The molecule has 0 aromatic heterocycles. The van der Waals surface area contributed by atoms with Crippen LogP contribution in [0.1, 0.15) is 399 Å². The fourth-order valence-electron chi connectivity index (χ4n) is 11.3. The second kappa shape index (κ2) is 67.8. The van der Waals surface area contributed by atoms with Crippen LogP contribution in [0.4, 0.5) is 0 Å². The number of carbonyl (C=O) groups excluding carboxylic acids is 2. The van der Waals surface area contributed by atoms with E-state index in [1.807, 2.05) is 0 Å². The number of allylic oxidation sites excluding steroid dienone is 4. The first-order valence-corrected chi connectivity index (χ1v) is 35.6. The van der Waals surface area contributed by atoms with E-state index in [2.05, 4.69) is 43.5 Å². The molecule has 6 nitrogen and oxygen atoms in total. The molecule has 0 fully saturated rings. The molecule has 0 aliphatic carbocycles. The van der Waals surface area contributed by atoms with E-state index in [0.717, 1.165) is 51.4 Å². The summed E-state index contributed by atoms with van der Waals surface area (Å²) < 4.78 is 5.48. The first kappa shape index (κ1) is 76.3. The summed E-state index contributed by atoms with van der Waals surface area (Å²) >= 11 is 0. The first-order valence-electron chi connectivity index (χ1n) is 35.6. The van der Waals surface area contributed by atoms with Crippen molar-refractivity contribution in [3.8, 4) is 0 Å². The van der Waals surface area contributed by atoms with Crippen LogP contribution in [0.5, 0.6) is 0 Å². The van der Waals surface area contributed by atoms with E-state index in [1.54, 1.807) is 0 Å². The SMILES string of the molecule is CCC/C=C\C/C=C\CCCCCCCC(=O)OCCCCCCCCCCCCCCCCCCCCCCCCCCCCCCCCCCCCCC(=O)NC(CO)C(O)CCCCCCCCCCCCCCC. The zero-order valence-electron chi connectivity index (χ0n) is 52.9. The number of aliphatic hydroxyl groups excluding tert-OH is 2. The van der Waals surface area contributed by atoms with Crippen LogP contribution in [0.2, 0.25) is 0 Å². The lowest BCUT2D eigenvalue weighted by Crippen LogP contribution is -2.45. The lowest BCUT2D eigenvalue weighted by molar-refractivity contribution is -0.143. The zero-order valence-corrected chi connectivity index (χ0v) is 52.9. The smallest absolute Gasteiger partial charge is 0.305 e. The van der Waals surface area contributed by atoms with E-state index in [-0.39, 0.29) is 18.5 Å². The van der Waals surface area contributed by atoms with Crippen molar-refractivity contribution in [1.29, 1.82) is 0 Å². The minimum atomic E-state index is -0.659. The summed E-state index contributed by atoms with van der Waals surface area (Å²) in [4.78, 5) is 24.5. The average Bonchev–Trinajstić information content (AvgIpc) is 3.44. The highest BCUT2D eigenvalue weighted by Gasteiger charge is 2.20. The zero-order chi connectivity index (χ0) is 56.4. The quantitative estimate of drug-likeness (QED) is 0.0320.